The van der Waals surface area contributed by atoms with Crippen molar-refractivity contribution in [3.63, 3.8) is 0 Å². The van der Waals surface area contributed by atoms with Crippen molar-refractivity contribution in [2.75, 3.05) is 27.2 Å². The molecule has 0 aromatic heterocycles. The Hall–Kier alpha value is 0.440. The maximum absolute atomic E-state index is 2.36. The fraction of sp³-hybridized carbons (Fsp3) is 1.00. The summed E-state index contributed by atoms with van der Waals surface area (Å²) >= 11 is 0. The molecule has 0 amide bonds. The average molecular weight is 294 g/mol. The highest BCUT2D eigenvalue weighted by atomic mass is 79.9. The van der Waals surface area contributed by atoms with Gasteiger partial charge in [0, 0.05) is 0 Å². The van der Waals surface area contributed by atoms with Crippen LogP contribution in [0.25, 0.3) is 0 Å². The van der Waals surface area contributed by atoms with Crippen LogP contribution in [0.1, 0.15) is 65.2 Å². The predicted molar refractivity (Wildman–Crippen MR) is 70.1 cm³/mol. The van der Waals surface area contributed by atoms with Crippen molar-refractivity contribution in [1.29, 1.82) is 0 Å². The molecule has 1 nitrogen and oxygen atoms in total. The monoisotopic (exact) mass is 293 g/mol. The molecule has 0 radical (unpaired) electrons. The van der Waals surface area contributed by atoms with Gasteiger partial charge in [-0.05, 0) is 19.3 Å². The quantitative estimate of drug-likeness (QED) is 0.420. The molecule has 0 fully saturated rings. The number of quaternary nitrogens is 1. The zero-order valence-corrected chi connectivity index (χ0v) is 13.5. The second kappa shape index (κ2) is 11.9. The molecule has 0 aromatic rings. The van der Waals surface area contributed by atoms with Crippen LogP contribution < -0.4 is 17.0 Å². The lowest BCUT2D eigenvalue weighted by Gasteiger charge is -2.29. The van der Waals surface area contributed by atoms with Gasteiger partial charge in [0.1, 0.15) is 0 Å². The number of rotatable bonds is 10. The molecule has 0 unspecified atom stereocenters. The van der Waals surface area contributed by atoms with Crippen LogP contribution in [0, 0.1) is 0 Å². The van der Waals surface area contributed by atoms with E-state index >= 15 is 0 Å². The van der Waals surface area contributed by atoms with Gasteiger partial charge in [-0.2, -0.15) is 0 Å². The fourth-order valence-corrected chi connectivity index (χ4v) is 2.21. The molecule has 0 heterocycles. The number of nitrogens with zero attached hydrogens (tertiary/aromatic N) is 1. The van der Waals surface area contributed by atoms with E-state index < -0.39 is 0 Å². The molecule has 0 saturated heterocycles. The zero-order chi connectivity index (χ0) is 11.6. The van der Waals surface area contributed by atoms with Gasteiger partial charge in [0.25, 0.3) is 0 Å². The van der Waals surface area contributed by atoms with Crippen molar-refractivity contribution in [1.82, 2.24) is 0 Å². The van der Waals surface area contributed by atoms with Crippen LogP contribution >= 0.6 is 0 Å². The van der Waals surface area contributed by atoms with E-state index in [1.807, 2.05) is 0 Å². The average Bonchev–Trinajstić information content (AvgIpc) is 2.16. The minimum Gasteiger partial charge on any atom is -1.00 e. The Balaban J connectivity index is 0. The largest absolute Gasteiger partial charge is 1.00 e. The van der Waals surface area contributed by atoms with E-state index in [4.69, 9.17) is 0 Å². The first-order valence-corrected chi connectivity index (χ1v) is 6.94. The highest BCUT2D eigenvalue weighted by Crippen LogP contribution is 2.09. The Bertz CT molecular complexity index is 135. The van der Waals surface area contributed by atoms with Crippen molar-refractivity contribution in [3.05, 3.63) is 0 Å². The second-order valence-corrected chi connectivity index (χ2v) is 5.50. The summed E-state index contributed by atoms with van der Waals surface area (Å²) in [5.41, 5.74) is 0. The van der Waals surface area contributed by atoms with Gasteiger partial charge in [0.2, 0.25) is 0 Å². The summed E-state index contributed by atoms with van der Waals surface area (Å²) in [6.45, 7) is 7.26. The van der Waals surface area contributed by atoms with Crippen molar-refractivity contribution in [2.45, 2.75) is 65.2 Å². The van der Waals surface area contributed by atoms with Gasteiger partial charge in [-0.1, -0.05) is 46.0 Å². The van der Waals surface area contributed by atoms with Crippen LogP contribution in [-0.2, 0) is 0 Å². The summed E-state index contributed by atoms with van der Waals surface area (Å²) in [4.78, 5) is 0. The third-order valence-corrected chi connectivity index (χ3v) is 3.20. The normalized spacial score (nSPS) is 11.2. The lowest BCUT2D eigenvalue weighted by Crippen LogP contribution is -3.00. The molecule has 0 atom stereocenters. The van der Waals surface area contributed by atoms with Gasteiger partial charge in [-0.3, -0.25) is 0 Å². The molecule has 0 N–H and O–H groups in total. The lowest BCUT2D eigenvalue weighted by molar-refractivity contribution is -0.890. The molecule has 2 heteroatoms. The minimum absolute atomic E-state index is 0. The van der Waals surface area contributed by atoms with E-state index in [9.17, 15) is 0 Å². The first-order chi connectivity index (χ1) is 7.12. The van der Waals surface area contributed by atoms with E-state index in [-0.39, 0.29) is 17.0 Å². The summed E-state index contributed by atoms with van der Waals surface area (Å²) in [5.74, 6) is 0. The van der Waals surface area contributed by atoms with Crippen LogP contribution in [-0.4, -0.2) is 31.7 Å². The maximum atomic E-state index is 2.36. The molecule has 100 valence electrons. The molecule has 0 rings (SSSR count). The Kier molecular flexibility index (Phi) is 14.0. The third-order valence-electron chi connectivity index (χ3n) is 3.20. The van der Waals surface area contributed by atoms with E-state index in [0.29, 0.717) is 0 Å². The Morgan fingerprint density at radius 3 is 1.62 bits per heavy atom. The molecule has 0 spiro atoms. The molecule has 0 aromatic carbocycles. The van der Waals surface area contributed by atoms with Gasteiger partial charge in [-0.25, -0.2) is 0 Å². The van der Waals surface area contributed by atoms with Crippen LogP contribution in [0.5, 0.6) is 0 Å². The Labute approximate surface area is 114 Å². The number of hydrogen-bond donors (Lipinski definition) is 0. The van der Waals surface area contributed by atoms with Crippen molar-refractivity contribution >= 4 is 0 Å². The summed E-state index contributed by atoms with van der Waals surface area (Å²) in [7, 11) is 4.72. The van der Waals surface area contributed by atoms with Crippen molar-refractivity contribution < 1.29 is 21.5 Å². The van der Waals surface area contributed by atoms with E-state index in [2.05, 4.69) is 27.9 Å². The van der Waals surface area contributed by atoms with Gasteiger partial charge < -0.3 is 21.5 Å². The predicted octanol–water partition coefficient (Wildman–Crippen LogP) is 1.23. The molecule has 0 aliphatic heterocycles. The SMILES string of the molecule is CCCCCCCCC[N+](C)(C)CCC.[Br-]. The summed E-state index contributed by atoms with van der Waals surface area (Å²) < 4.78 is 1.21. The van der Waals surface area contributed by atoms with Crippen molar-refractivity contribution in [2.24, 2.45) is 0 Å². The third kappa shape index (κ3) is 12.5. The molecular weight excluding hydrogens is 262 g/mol. The number of unbranched alkanes of at least 4 members (excludes halogenated alkanes) is 6. The Morgan fingerprint density at radius 2 is 1.12 bits per heavy atom. The van der Waals surface area contributed by atoms with Gasteiger partial charge in [0.15, 0.2) is 0 Å². The topological polar surface area (TPSA) is 0 Å². The van der Waals surface area contributed by atoms with Crippen LogP contribution in [0.4, 0.5) is 0 Å². The van der Waals surface area contributed by atoms with Gasteiger partial charge in [0.05, 0.1) is 27.2 Å². The van der Waals surface area contributed by atoms with Crippen molar-refractivity contribution in [3.8, 4) is 0 Å². The van der Waals surface area contributed by atoms with Crippen LogP contribution in [0.15, 0.2) is 0 Å². The van der Waals surface area contributed by atoms with E-state index in [0.717, 1.165) is 0 Å². The summed E-state index contributed by atoms with van der Waals surface area (Å²) in [6, 6.07) is 0. The fourth-order valence-electron chi connectivity index (χ4n) is 2.21. The lowest BCUT2D eigenvalue weighted by atomic mass is 10.1. The second-order valence-electron chi connectivity index (χ2n) is 5.50. The molecular formula is C14H32BrN. The first kappa shape index (κ1) is 18.8. The molecule has 0 aliphatic rings. The minimum atomic E-state index is 0. The zero-order valence-electron chi connectivity index (χ0n) is 11.9. The van der Waals surface area contributed by atoms with E-state index in [1.165, 1.54) is 68.9 Å². The summed E-state index contributed by atoms with van der Waals surface area (Å²) in [6.07, 6.45) is 11.3. The van der Waals surface area contributed by atoms with Crippen LogP contribution in [0.2, 0.25) is 0 Å². The van der Waals surface area contributed by atoms with Crippen LogP contribution in [0.3, 0.4) is 0 Å². The standard InChI is InChI=1S/C14H32N.BrH/c1-5-7-8-9-10-11-12-14-15(3,4)13-6-2;/h5-14H2,1-4H3;1H/q+1;/p-1. The molecule has 0 aliphatic carbocycles. The van der Waals surface area contributed by atoms with Gasteiger partial charge >= 0.3 is 0 Å². The Morgan fingerprint density at radius 1 is 0.625 bits per heavy atom. The number of halogens is 1. The molecule has 16 heavy (non-hydrogen) atoms. The van der Waals surface area contributed by atoms with E-state index in [1.54, 1.807) is 0 Å². The number of hydrogen-bond acceptors (Lipinski definition) is 0. The summed E-state index contributed by atoms with van der Waals surface area (Å²) in [5, 5.41) is 0. The highest BCUT2D eigenvalue weighted by molar-refractivity contribution is 4.45. The first-order valence-electron chi connectivity index (χ1n) is 6.94. The maximum Gasteiger partial charge on any atom is 0.0782 e. The smallest absolute Gasteiger partial charge is 0.0782 e. The molecule has 0 bridgehead atoms. The highest BCUT2D eigenvalue weighted by Gasteiger charge is 2.11. The molecule has 0 saturated carbocycles. The van der Waals surface area contributed by atoms with Gasteiger partial charge in [-0.15, -0.1) is 0 Å².